The molecule has 0 bridgehead atoms. The molecule has 0 amide bonds. The number of ether oxygens (including phenoxy) is 2. The third-order valence-corrected chi connectivity index (χ3v) is 2.85. The van der Waals surface area contributed by atoms with Crippen molar-refractivity contribution in [1.29, 1.82) is 0 Å². The van der Waals surface area contributed by atoms with Gasteiger partial charge in [-0.15, -0.1) is 0 Å². The van der Waals surface area contributed by atoms with E-state index in [1.54, 1.807) is 7.11 Å². The van der Waals surface area contributed by atoms with Crippen LogP contribution in [0.4, 0.5) is 11.5 Å². The van der Waals surface area contributed by atoms with Crippen LogP contribution in [0.2, 0.25) is 0 Å². The van der Waals surface area contributed by atoms with Crippen molar-refractivity contribution >= 4 is 11.5 Å². The van der Waals surface area contributed by atoms with E-state index in [4.69, 9.17) is 15.2 Å². The number of aromatic nitrogens is 1. The first-order valence-corrected chi connectivity index (χ1v) is 6.34. The predicted molar refractivity (Wildman–Crippen MR) is 71.8 cm³/mol. The van der Waals surface area contributed by atoms with Crippen LogP contribution < -0.4 is 15.8 Å². The monoisotopic (exact) mass is 251 g/mol. The molecule has 5 nitrogen and oxygen atoms in total. The number of hydrogen-bond donors (Lipinski definition) is 2. The quantitative estimate of drug-likeness (QED) is 0.774. The van der Waals surface area contributed by atoms with Gasteiger partial charge in [-0.3, -0.25) is 0 Å². The summed E-state index contributed by atoms with van der Waals surface area (Å²) in [6.07, 6.45) is 2.51. The zero-order valence-electron chi connectivity index (χ0n) is 11.0. The summed E-state index contributed by atoms with van der Waals surface area (Å²) < 4.78 is 10.7. The molecule has 1 aliphatic carbocycles. The van der Waals surface area contributed by atoms with Gasteiger partial charge in [0.2, 0.25) is 5.88 Å². The van der Waals surface area contributed by atoms with E-state index in [0.29, 0.717) is 30.7 Å². The van der Waals surface area contributed by atoms with Gasteiger partial charge < -0.3 is 20.5 Å². The Hall–Kier alpha value is -1.49. The Morgan fingerprint density at radius 3 is 2.94 bits per heavy atom. The molecule has 1 unspecified atom stereocenters. The average molecular weight is 251 g/mol. The van der Waals surface area contributed by atoms with Crippen LogP contribution >= 0.6 is 0 Å². The van der Waals surface area contributed by atoms with Crippen LogP contribution in [0.25, 0.3) is 0 Å². The van der Waals surface area contributed by atoms with Gasteiger partial charge in [-0.05, 0) is 37.8 Å². The van der Waals surface area contributed by atoms with E-state index in [-0.39, 0.29) is 6.04 Å². The lowest BCUT2D eigenvalue weighted by atomic mass is 10.3. The van der Waals surface area contributed by atoms with Crippen molar-refractivity contribution in [2.75, 3.05) is 31.4 Å². The van der Waals surface area contributed by atoms with E-state index in [2.05, 4.69) is 10.3 Å². The van der Waals surface area contributed by atoms with Crippen LogP contribution in [0.1, 0.15) is 19.8 Å². The van der Waals surface area contributed by atoms with Gasteiger partial charge in [0.15, 0.2) is 0 Å². The largest absolute Gasteiger partial charge is 0.476 e. The molecule has 100 valence electrons. The number of methoxy groups -OCH3 is 1. The van der Waals surface area contributed by atoms with Crippen LogP contribution in [0.15, 0.2) is 12.1 Å². The Balaban J connectivity index is 1.95. The van der Waals surface area contributed by atoms with E-state index < -0.39 is 0 Å². The summed E-state index contributed by atoms with van der Waals surface area (Å²) in [6.45, 7) is 3.38. The molecule has 5 heteroatoms. The number of nitrogens with one attached hydrogen (secondary N) is 1. The summed E-state index contributed by atoms with van der Waals surface area (Å²) in [5.74, 6) is 1.98. The van der Waals surface area contributed by atoms with E-state index in [1.165, 1.54) is 12.8 Å². The van der Waals surface area contributed by atoms with E-state index in [9.17, 15) is 0 Å². The highest BCUT2D eigenvalue weighted by atomic mass is 16.5. The summed E-state index contributed by atoms with van der Waals surface area (Å²) in [7, 11) is 1.68. The van der Waals surface area contributed by atoms with E-state index in [1.807, 2.05) is 19.1 Å². The number of hydrogen-bond acceptors (Lipinski definition) is 5. The summed E-state index contributed by atoms with van der Waals surface area (Å²) >= 11 is 0. The molecule has 0 aliphatic heterocycles. The van der Waals surface area contributed by atoms with Gasteiger partial charge in [-0.1, -0.05) is 0 Å². The minimum Gasteiger partial charge on any atom is -0.476 e. The fraction of sp³-hybridized carbons (Fsp3) is 0.615. The topological polar surface area (TPSA) is 69.4 Å². The van der Waals surface area contributed by atoms with Gasteiger partial charge in [-0.2, -0.15) is 4.98 Å². The molecule has 2 rings (SSSR count). The van der Waals surface area contributed by atoms with Crippen molar-refractivity contribution in [3.63, 3.8) is 0 Å². The Labute approximate surface area is 108 Å². The van der Waals surface area contributed by atoms with Crippen LogP contribution in [0, 0.1) is 5.92 Å². The van der Waals surface area contributed by atoms with Crippen molar-refractivity contribution in [2.24, 2.45) is 5.92 Å². The van der Waals surface area contributed by atoms with Crippen LogP contribution in [-0.2, 0) is 4.74 Å². The molecule has 0 saturated heterocycles. The molecule has 0 radical (unpaired) electrons. The normalized spacial score (nSPS) is 16.3. The molecule has 0 aromatic carbocycles. The highest BCUT2D eigenvalue weighted by Gasteiger charge is 2.22. The highest BCUT2D eigenvalue weighted by Crippen LogP contribution is 2.30. The van der Waals surface area contributed by atoms with Gasteiger partial charge in [0, 0.05) is 13.2 Å². The first-order chi connectivity index (χ1) is 8.69. The van der Waals surface area contributed by atoms with Crippen molar-refractivity contribution in [2.45, 2.75) is 25.8 Å². The lowest BCUT2D eigenvalue weighted by Gasteiger charge is -2.15. The van der Waals surface area contributed by atoms with Crippen LogP contribution in [0.3, 0.4) is 0 Å². The lowest BCUT2D eigenvalue weighted by molar-refractivity contribution is 0.190. The summed E-state index contributed by atoms with van der Waals surface area (Å²) in [6, 6.07) is 3.87. The van der Waals surface area contributed by atoms with Gasteiger partial charge in [-0.25, -0.2) is 0 Å². The van der Waals surface area contributed by atoms with Crippen LogP contribution in [0.5, 0.6) is 5.88 Å². The first-order valence-electron chi connectivity index (χ1n) is 6.34. The van der Waals surface area contributed by atoms with E-state index in [0.717, 1.165) is 5.82 Å². The zero-order chi connectivity index (χ0) is 13.0. The Kier molecular flexibility index (Phi) is 4.25. The Bertz CT molecular complexity index is 394. The second-order valence-electron chi connectivity index (χ2n) is 4.85. The lowest BCUT2D eigenvalue weighted by Crippen LogP contribution is -2.21. The van der Waals surface area contributed by atoms with Crippen molar-refractivity contribution in [1.82, 2.24) is 4.98 Å². The first kappa shape index (κ1) is 13.0. The van der Waals surface area contributed by atoms with Crippen LogP contribution in [-0.4, -0.2) is 31.3 Å². The van der Waals surface area contributed by atoms with Gasteiger partial charge >= 0.3 is 0 Å². The fourth-order valence-electron chi connectivity index (χ4n) is 1.67. The second-order valence-corrected chi connectivity index (χ2v) is 4.85. The van der Waals surface area contributed by atoms with E-state index >= 15 is 0 Å². The standard InChI is InChI=1S/C13H21N3O2/c1-9(7-17-2)15-12-6-5-11(14)13(16-12)18-8-10-3-4-10/h5-6,9-10H,3-4,7-8,14H2,1-2H3,(H,15,16). The number of nitrogens with zero attached hydrogens (tertiary/aromatic N) is 1. The molecular weight excluding hydrogens is 230 g/mol. The Morgan fingerprint density at radius 2 is 2.28 bits per heavy atom. The summed E-state index contributed by atoms with van der Waals surface area (Å²) in [4.78, 5) is 4.38. The van der Waals surface area contributed by atoms with Gasteiger partial charge in [0.1, 0.15) is 5.82 Å². The molecular formula is C13H21N3O2. The number of nitrogens with two attached hydrogens (primary N) is 1. The molecule has 1 aliphatic rings. The number of nitrogen functional groups attached to an aromatic ring is 1. The maximum Gasteiger partial charge on any atom is 0.239 e. The average Bonchev–Trinajstić information content (AvgIpc) is 3.14. The molecule has 3 N–H and O–H groups in total. The molecule has 1 aromatic heterocycles. The maximum absolute atomic E-state index is 5.85. The third kappa shape index (κ3) is 3.77. The minimum absolute atomic E-state index is 0.197. The summed E-state index contributed by atoms with van der Waals surface area (Å²) in [5, 5.41) is 3.24. The highest BCUT2D eigenvalue weighted by molar-refractivity contribution is 5.53. The molecule has 1 heterocycles. The number of anilines is 2. The summed E-state index contributed by atoms with van der Waals surface area (Å²) in [5.41, 5.74) is 6.43. The number of rotatable bonds is 7. The molecule has 18 heavy (non-hydrogen) atoms. The Morgan fingerprint density at radius 1 is 1.50 bits per heavy atom. The molecule has 1 atom stereocenters. The zero-order valence-corrected chi connectivity index (χ0v) is 11.0. The van der Waals surface area contributed by atoms with Crippen molar-refractivity contribution < 1.29 is 9.47 Å². The third-order valence-electron chi connectivity index (χ3n) is 2.85. The predicted octanol–water partition coefficient (Wildman–Crippen LogP) is 1.90. The molecule has 1 saturated carbocycles. The second kappa shape index (κ2) is 5.91. The van der Waals surface area contributed by atoms with Crippen molar-refractivity contribution in [3.8, 4) is 5.88 Å². The smallest absolute Gasteiger partial charge is 0.239 e. The fourth-order valence-corrected chi connectivity index (χ4v) is 1.67. The maximum atomic E-state index is 5.85. The molecule has 1 aromatic rings. The molecule has 0 spiro atoms. The van der Waals surface area contributed by atoms with Crippen molar-refractivity contribution in [3.05, 3.63) is 12.1 Å². The number of pyridine rings is 1. The molecule has 1 fully saturated rings. The van der Waals surface area contributed by atoms with Gasteiger partial charge in [0.05, 0.1) is 18.9 Å². The SMILES string of the molecule is COCC(C)Nc1ccc(N)c(OCC2CC2)n1. The van der Waals surface area contributed by atoms with Gasteiger partial charge in [0.25, 0.3) is 0 Å². The minimum atomic E-state index is 0.197.